The predicted octanol–water partition coefficient (Wildman–Crippen LogP) is 5.53. The maximum absolute atomic E-state index is 13.3. The zero-order valence-electron chi connectivity index (χ0n) is 13.4. The van der Waals surface area contributed by atoms with Crippen LogP contribution in [-0.4, -0.2) is 4.98 Å². The van der Waals surface area contributed by atoms with Gasteiger partial charge in [-0.2, -0.15) is 13.2 Å². The highest BCUT2D eigenvalue weighted by atomic mass is 19.4. The monoisotopic (exact) mass is 349 g/mol. The van der Waals surface area contributed by atoms with Gasteiger partial charge >= 0.3 is 6.18 Å². The zero-order valence-corrected chi connectivity index (χ0v) is 13.4. The molecule has 0 spiro atoms. The van der Waals surface area contributed by atoms with Crippen molar-refractivity contribution in [1.29, 1.82) is 0 Å². The SMILES string of the molecule is CCc1ccc2ccc(OCc3ccc(F)c(C(F)(F)F)c3)cc2n1. The van der Waals surface area contributed by atoms with E-state index in [1.807, 2.05) is 25.1 Å². The molecule has 0 aliphatic heterocycles. The second-order valence-electron chi connectivity index (χ2n) is 5.61. The summed E-state index contributed by atoms with van der Waals surface area (Å²) in [6.07, 6.45) is -3.93. The summed E-state index contributed by atoms with van der Waals surface area (Å²) < 4.78 is 57.1. The van der Waals surface area contributed by atoms with Crippen LogP contribution in [0.2, 0.25) is 0 Å². The number of benzene rings is 2. The molecule has 6 heteroatoms. The molecule has 2 aromatic carbocycles. The fourth-order valence-corrected chi connectivity index (χ4v) is 2.47. The summed E-state index contributed by atoms with van der Waals surface area (Å²) in [7, 11) is 0. The van der Waals surface area contributed by atoms with Crippen molar-refractivity contribution in [3.05, 3.63) is 71.2 Å². The van der Waals surface area contributed by atoms with Gasteiger partial charge in [0.25, 0.3) is 0 Å². The van der Waals surface area contributed by atoms with Gasteiger partial charge < -0.3 is 4.74 Å². The number of hydrogen-bond donors (Lipinski definition) is 0. The van der Waals surface area contributed by atoms with Crippen molar-refractivity contribution < 1.29 is 22.3 Å². The van der Waals surface area contributed by atoms with Crippen molar-refractivity contribution in [2.24, 2.45) is 0 Å². The lowest BCUT2D eigenvalue weighted by Gasteiger charge is -2.11. The van der Waals surface area contributed by atoms with Gasteiger partial charge in [-0.25, -0.2) is 4.39 Å². The Hall–Kier alpha value is -2.63. The van der Waals surface area contributed by atoms with Crippen molar-refractivity contribution in [3.63, 3.8) is 0 Å². The molecule has 130 valence electrons. The first kappa shape index (κ1) is 17.2. The average Bonchev–Trinajstić information content (AvgIpc) is 2.59. The van der Waals surface area contributed by atoms with E-state index < -0.39 is 17.6 Å². The van der Waals surface area contributed by atoms with Crippen LogP contribution in [0.3, 0.4) is 0 Å². The van der Waals surface area contributed by atoms with E-state index in [1.165, 1.54) is 6.07 Å². The normalized spacial score (nSPS) is 11.7. The van der Waals surface area contributed by atoms with Gasteiger partial charge in [-0.05, 0) is 42.3 Å². The maximum Gasteiger partial charge on any atom is 0.419 e. The van der Waals surface area contributed by atoms with Crippen LogP contribution in [0.4, 0.5) is 17.6 Å². The van der Waals surface area contributed by atoms with E-state index in [0.29, 0.717) is 5.75 Å². The van der Waals surface area contributed by atoms with Gasteiger partial charge in [-0.3, -0.25) is 4.98 Å². The Kier molecular flexibility index (Phi) is 4.61. The molecule has 3 aromatic rings. The van der Waals surface area contributed by atoms with E-state index >= 15 is 0 Å². The second-order valence-corrected chi connectivity index (χ2v) is 5.61. The minimum Gasteiger partial charge on any atom is -0.489 e. The Bertz CT molecular complexity index is 906. The fourth-order valence-electron chi connectivity index (χ4n) is 2.47. The summed E-state index contributed by atoms with van der Waals surface area (Å²) in [5, 5.41) is 0.950. The smallest absolute Gasteiger partial charge is 0.419 e. The number of hydrogen-bond acceptors (Lipinski definition) is 2. The third kappa shape index (κ3) is 3.90. The molecule has 0 saturated heterocycles. The van der Waals surface area contributed by atoms with Crippen LogP contribution in [0.5, 0.6) is 5.75 Å². The number of pyridine rings is 1. The van der Waals surface area contributed by atoms with E-state index in [9.17, 15) is 17.6 Å². The van der Waals surface area contributed by atoms with E-state index in [-0.39, 0.29) is 12.2 Å². The van der Waals surface area contributed by atoms with Crippen molar-refractivity contribution in [2.45, 2.75) is 26.1 Å². The minimum absolute atomic E-state index is 0.0949. The van der Waals surface area contributed by atoms with Crippen LogP contribution in [0.15, 0.2) is 48.5 Å². The molecule has 0 aliphatic carbocycles. The third-order valence-corrected chi connectivity index (χ3v) is 3.83. The molecular formula is C19H15F4NO. The first-order valence-electron chi connectivity index (χ1n) is 7.75. The number of fused-ring (bicyclic) bond motifs is 1. The molecule has 1 aromatic heterocycles. The Morgan fingerprint density at radius 1 is 1.00 bits per heavy atom. The van der Waals surface area contributed by atoms with E-state index in [4.69, 9.17) is 4.74 Å². The van der Waals surface area contributed by atoms with E-state index in [0.717, 1.165) is 35.2 Å². The van der Waals surface area contributed by atoms with Crippen molar-refractivity contribution >= 4 is 10.9 Å². The largest absolute Gasteiger partial charge is 0.489 e. The number of rotatable bonds is 4. The highest BCUT2D eigenvalue weighted by Crippen LogP contribution is 2.32. The molecule has 0 unspecified atom stereocenters. The molecule has 0 fully saturated rings. The summed E-state index contributed by atoms with van der Waals surface area (Å²) in [4.78, 5) is 4.49. The van der Waals surface area contributed by atoms with Crippen molar-refractivity contribution in [1.82, 2.24) is 4.98 Å². The van der Waals surface area contributed by atoms with Gasteiger partial charge in [0, 0.05) is 17.1 Å². The minimum atomic E-state index is -4.73. The lowest BCUT2D eigenvalue weighted by molar-refractivity contribution is -0.140. The Balaban J connectivity index is 1.80. The molecule has 1 heterocycles. The highest BCUT2D eigenvalue weighted by molar-refractivity contribution is 5.80. The van der Waals surface area contributed by atoms with Gasteiger partial charge in [0.15, 0.2) is 0 Å². The van der Waals surface area contributed by atoms with Crippen LogP contribution in [0.1, 0.15) is 23.7 Å². The molecule has 0 amide bonds. The van der Waals surface area contributed by atoms with Gasteiger partial charge in [-0.1, -0.05) is 19.1 Å². The molecule has 0 N–H and O–H groups in total. The lowest BCUT2D eigenvalue weighted by Crippen LogP contribution is -2.09. The van der Waals surface area contributed by atoms with Crippen LogP contribution in [-0.2, 0) is 19.2 Å². The molecular weight excluding hydrogens is 334 g/mol. The number of aromatic nitrogens is 1. The first-order valence-corrected chi connectivity index (χ1v) is 7.75. The van der Waals surface area contributed by atoms with Gasteiger partial charge in [0.2, 0.25) is 0 Å². The van der Waals surface area contributed by atoms with E-state index in [1.54, 1.807) is 12.1 Å². The van der Waals surface area contributed by atoms with Gasteiger partial charge in [0.05, 0.1) is 11.1 Å². The Morgan fingerprint density at radius 3 is 2.48 bits per heavy atom. The second kappa shape index (κ2) is 6.70. The molecule has 0 aliphatic rings. The Labute approximate surface area is 142 Å². The summed E-state index contributed by atoms with van der Waals surface area (Å²) in [5.41, 5.74) is 0.649. The maximum atomic E-state index is 13.3. The molecule has 2 nitrogen and oxygen atoms in total. The van der Waals surface area contributed by atoms with Crippen molar-refractivity contribution in [2.75, 3.05) is 0 Å². The van der Waals surface area contributed by atoms with Crippen LogP contribution >= 0.6 is 0 Å². The van der Waals surface area contributed by atoms with Crippen LogP contribution in [0.25, 0.3) is 10.9 Å². The number of nitrogens with zero attached hydrogens (tertiary/aromatic N) is 1. The van der Waals surface area contributed by atoms with Gasteiger partial charge in [0.1, 0.15) is 18.2 Å². The Morgan fingerprint density at radius 2 is 1.76 bits per heavy atom. The number of alkyl halides is 3. The lowest BCUT2D eigenvalue weighted by atomic mass is 10.1. The fraction of sp³-hybridized carbons (Fsp3) is 0.211. The zero-order chi connectivity index (χ0) is 18.0. The molecule has 0 radical (unpaired) electrons. The predicted molar refractivity (Wildman–Crippen MR) is 86.9 cm³/mol. The highest BCUT2D eigenvalue weighted by Gasteiger charge is 2.34. The molecule has 0 atom stereocenters. The quantitative estimate of drug-likeness (QED) is 0.578. The van der Waals surface area contributed by atoms with Crippen molar-refractivity contribution in [3.8, 4) is 5.75 Å². The van der Waals surface area contributed by atoms with Gasteiger partial charge in [-0.15, -0.1) is 0 Å². The van der Waals surface area contributed by atoms with Crippen LogP contribution in [0, 0.1) is 5.82 Å². The molecule has 0 saturated carbocycles. The summed E-state index contributed by atoms with van der Waals surface area (Å²) in [6.45, 7) is 1.91. The summed E-state index contributed by atoms with van der Waals surface area (Å²) >= 11 is 0. The van der Waals surface area contributed by atoms with Crippen LogP contribution < -0.4 is 4.74 Å². The van der Waals surface area contributed by atoms with E-state index in [2.05, 4.69) is 4.98 Å². The third-order valence-electron chi connectivity index (χ3n) is 3.83. The topological polar surface area (TPSA) is 22.1 Å². The molecule has 25 heavy (non-hydrogen) atoms. The summed E-state index contributed by atoms with van der Waals surface area (Å²) in [5.74, 6) is -0.801. The average molecular weight is 349 g/mol. The number of ether oxygens (including phenoxy) is 1. The first-order chi connectivity index (χ1) is 11.9. The summed E-state index contributed by atoms with van der Waals surface area (Å²) in [6, 6.07) is 12.1. The molecule has 3 rings (SSSR count). The standard InChI is InChI=1S/C19H15F4NO/c1-2-14-6-4-13-5-7-15(10-18(13)24-14)25-11-12-3-8-17(20)16(9-12)19(21,22)23/h3-10H,2,11H2,1H3. The number of halogens is 4. The number of aryl methyl sites for hydroxylation is 1. The molecule has 0 bridgehead atoms.